The number of halogens is 1. The van der Waals surface area contributed by atoms with Gasteiger partial charge in [0.05, 0.1) is 11.6 Å². The maximum Gasteiger partial charge on any atom is 0.240 e. The van der Waals surface area contributed by atoms with E-state index in [1.165, 1.54) is 0 Å². The Bertz CT molecular complexity index is 472. The van der Waals surface area contributed by atoms with Crippen LogP contribution in [0.15, 0.2) is 24.3 Å². The SMILES string of the molecule is Cl.NC1(C(=O)NC2COc3ccccc32)CCCC1. The van der Waals surface area contributed by atoms with Gasteiger partial charge >= 0.3 is 0 Å². The van der Waals surface area contributed by atoms with Crippen molar-refractivity contribution in [2.45, 2.75) is 37.3 Å². The molecule has 1 aliphatic heterocycles. The highest BCUT2D eigenvalue weighted by Crippen LogP contribution is 2.33. The Labute approximate surface area is 119 Å². The second kappa shape index (κ2) is 5.39. The lowest BCUT2D eigenvalue weighted by Gasteiger charge is -2.24. The van der Waals surface area contributed by atoms with Gasteiger partial charge in [-0.25, -0.2) is 0 Å². The van der Waals surface area contributed by atoms with Crippen LogP contribution in [0.4, 0.5) is 0 Å². The first kappa shape index (κ1) is 14.2. The summed E-state index contributed by atoms with van der Waals surface area (Å²) >= 11 is 0. The highest BCUT2D eigenvalue weighted by molar-refractivity contribution is 5.87. The molecule has 1 amide bonds. The third-order valence-corrected chi connectivity index (χ3v) is 3.95. The number of fused-ring (bicyclic) bond motifs is 1. The quantitative estimate of drug-likeness (QED) is 0.871. The van der Waals surface area contributed by atoms with Crippen molar-refractivity contribution < 1.29 is 9.53 Å². The fraction of sp³-hybridized carbons (Fsp3) is 0.500. The van der Waals surface area contributed by atoms with Gasteiger partial charge in [-0.15, -0.1) is 12.4 Å². The molecule has 1 aromatic carbocycles. The molecule has 2 aliphatic rings. The van der Waals surface area contributed by atoms with Crippen molar-refractivity contribution in [3.63, 3.8) is 0 Å². The molecule has 5 heteroatoms. The van der Waals surface area contributed by atoms with Gasteiger partial charge in [-0.3, -0.25) is 4.79 Å². The van der Waals surface area contributed by atoms with E-state index >= 15 is 0 Å². The minimum Gasteiger partial charge on any atom is -0.491 e. The average Bonchev–Trinajstić information content (AvgIpc) is 2.98. The van der Waals surface area contributed by atoms with Crippen molar-refractivity contribution in [2.24, 2.45) is 5.73 Å². The normalized spacial score (nSPS) is 23.1. The summed E-state index contributed by atoms with van der Waals surface area (Å²) in [6.07, 6.45) is 3.66. The van der Waals surface area contributed by atoms with Crippen molar-refractivity contribution in [3.8, 4) is 5.75 Å². The number of hydrogen-bond acceptors (Lipinski definition) is 3. The molecule has 1 aliphatic carbocycles. The Kier molecular flexibility index (Phi) is 4.02. The molecule has 1 saturated carbocycles. The van der Waals surface area contributed by atoms with Crippen LogP contribution in [-0.4, -0.2) is 18.1 Å². The van der Waals surface area contributed by atoms with Gasteiger partial charge in [-0.05, 0) is 18.9 Å². The fourth-order valence-corrected chi connectivity index (χ4v) is 2.82. The van der Waals surface area contributed by atoms with E-state index in [9.17, 15) is 4.79 Å². The Balaban J connectivity index is 0.00000133. The summed E-state index contributed by atoms with van der Waals surface area (Å²) < 4.78 is 5.55. The molecule has 1 heterocycles. The third-order valence-electron chi connectivity index (χ3n) is 3.95. The van der Waals surface area contributed by atoms with Crippen LogP contribution < -0.4 is 15.8 Å². The van der Waals surface area contributed by atoms with Crippen molar-refractivity contribution >= 4 is 18.3 Å². The smallest absolute Gasteiger partial charge is 0.240 e. The number of para-hydroxylation sites is 1. The lowest BCUT2D eigenvalue weighted by atomic mass is 9.97. The molecule has 1 aromatic rings. The number of rotatable bonds is 2. The minimum atomic E-state index is -0.669. The van der Waals surface area contributed by atoms with E-state index in [-0.39, 0.29) is 24.4 Å². The Morgan fingerprint density at radius 1 is 1.32 bits per heavy atom. The number of hydrogen-bond donors (Lipinski definition) is 2. The van der Waals surface area contributed by atoms with Crippen molar-refractivity contribution in [3.05, 3.63) is 29.8 Å². The maximum absolute atomic E-state index is 12.2. The first-order valence-electron chi connectivity index (χ1n) is 6.51. The Morgan fingerprint density at radius 3 is 2.74 bits per heavy atom. The largest absolute Gasteiger partial charge is 0.491 e. The molecular formula is C14H19ClN2O2. The van der Waals surface area contributed by atoms with E-state index in [2.05, 4.69) is 5.32 Å². The monoisotopic (exact) mass is 282 g/mol. The average molecular weight is 283 g/mol. The number of benzene rings is 1. The van der Waals surface area contributed by atoms with Crippen molar-refractivity contribution in [2.75, 3.05) is 6.61 Å². The first-order chi connectivity index (χ1) is 8.69. The lowest BCUT2D eigenvalue weighted by molar-refractivity contribution is -0.127. The Hall–Kier alpha value is -1.26. The summed E-state index contributed by atoms with van der Waals surface area (Å²) in [5, 5.41) is 3.03. The summed E-state index contributed by atoms with van der Waals surface area (Å²) in [5.41, 5.74) is 6.53. The van der Waals surface area contributed by atoms with Gasteiger partial charge < -0.3 is 15.8 Å². The van der Waals surface area contributed by atoms with E-state index < -0.39 is 5.54 Å². The van der Waals surface area contributed by atoms with Crippen LogP contribution in [0.5, 0.6) is 5.75 Å². The number of nitrogens with two attached hydrogens (primary N) is 1. The van der Waals surface area contributed by atoms with Crippen molar-refractivity contribution in [1.29, 1.82) is 0 Å². The van der Waals surface area contributed by atoms with Crippen LogP contribution in [-0.2, 0) is 4.79 Å². The van der Waals surface area contributed by atoms with Crippen LogP contribution in [0.1, 0.15) is 37.3 Å². The maximum atomic E-state index is 12.2. The van der Waals surface area contributed by atoms with E-state index in [0.717, 1.165) is 37.0 Å². The summed E-state index contributed by atoms with van der Waals surface area (Å²) in [7, 11) is 0. The number of carbonyl (C=O) groups excluding carboxylic acids is 1. The zero-order chi connectivity index (χ0) is 12.6. The predicted octanol–water partition coefficient (Wildman–Crippen LogP) is 1.93. The van der Waals surface area contributed by atoms with Crippen LogP contribution in [0.25, 0.3) is 0 Å². The second-order valence-electron chi connectivity index (χ2n) is 5.24. The van der Waals surface area contributed by atoms with Crippen LogP contribution in [0.2, 0.25) is 0 Å². The molecule has 0 bridgehead atoms. The zero-order valence-corrected chi connectivity index (χ0v) is 11.5. The predicted molar refractivity (Wildman–Crippen MR) is 75.5 cm³/mol. The summed E-state index contributed by atoms with van der Waals surface area (Å²) in [4.78, 5) is 12.2. The molecule has 3 N–H and O–H groups in total. The van der Waals surface area contributed by atoms with Gasteiger partial charge in [-0.2, -0.15) is 0 Å². The molecule has 1 unspecified atom stereocenters. The van der Waals surface area contributed by atoms with E-state index in [4.69, 9.17) is 10.5 Å². The molecule has 0 radical (unpaired) electrons. The number of carbonyl (C=O) groups is 1. The molecule has 1 atom stereocenters. The van der Waals surface area contributed by atoms with Crippen LogP contribution >= 0.6 is 12.4 Å². The number of ether oxygens (including phenoxy) is 1. The summed E-state index contributed by atoms with van der Waals surface area (Å²) in [6.45, 7) is 0.501. The molecule has 1 fully saturated rings. The number of nitrogens with one attached hydrogen (secondary N) is 1. The lowest BCUT2D eigenvalue weighted by Crippen LogP contribution is -2.52. The van der Waals surface area contributed by atoms with Gasteiger partial charge in [0.25, 0.3) is 0 Å². The standard InChI is InChI=1S/C14H18N2O2.ClH/c15-14(7-3-4-8-14)13(17)16-11-9-18-12-6-2-1-5-10(11)12;/h1-2,5-6,11H,3-4,7-9,15H2,(H,16,17);1H. The van der Waals surface area contributed by atoms with E-state index in [0.29, 0.717) is 6.61 Å². The topological polar surface area (TPSA) is 64.4 Å². The van der Waals surface area contributed by atoms with Gasteiger partial charge in [0.15, 0.2) is 0 Å². The van der Waals surface area contributed by atoms with Crippen LogP contribution in [0, 0.1) is 0 Å². The van der Waals surface area contributed by atoms with Gasteiger partial charge in [0, 0.05) is 5.56 Å². The molecule has 19 heavy (non-hydrogen) atoms. The second-order valence-corrected chi connectivity index (χ2v) is 5.24. The third kappa shape index (κ3) is 2.55. The first-order valence-corrected chi connectivity index (χ1v) is 6.51. The van der Waals surface area contributed by atoms with E-state index in [1.807, 2.05) is 24.3 Å². The molecule has 4 nitrogen and oxygen atoms in total. The van der Waals surface area contributed by atoms with Crippen LogP contribution in [0.3, 0.4) is 0 Å². The molecule has 3 rings (SSSR count). The molecule has 0 aromatic heterocycles. The minimum absolute atomic E-state index is 0. The Morgan fingerprint density at radius 2 is 2.00 bits per heavy atom. The molecule has 104 valence electrons. The van der Waals surface area contributed by atoms with Gasteiger partial charge in [0.1, 0.15) is 12.4 Å². The number of amides is 1. The molecular weight excluding hydrogens is 264 g/mol. The van der Waals surface area contributed by atoms with Crippen molar-refractivity contribution in [1.82, 2.24) is 5.32 Å². The zero-order valence-electron chi connectivity index (χ0n) is 10.7. The fourth-order valence-electron chi connectivity index (χ4n) is 2.82. The molecule has 0 saturated heterocycles. The summed E-state index contributed by atoms with van der Waals surface area (Å²) in [5.74, 6) is 0.825. The van der Waals surface area contributed by atoms with Gasteiger partial charge in [-0.1, -0.05) is 31.0 Å². The summed E-state index contributed by atoms with van der Waals surface area (Å²) in [6, 6.07) is 7.75. The van der Waals surface area contributed by atoms with Gasteiger partial charge in [0.2, 0.25) is 5.91 Å². The molecule has 0 spiro atoms. The van der Waals surface area contributed by atoms with E-state index in [1.54, 1.807) is 0 Å². The highest BCUT2D eigenvalue weighted by atomic mass is 35.5. The highest BCUT2D eigenvalue weighted by Gasteiger charge is 2.39.